The van der Waals surface area contributed by atoms with Crippen molar-refractivity contribution in [3.63, 3.8) is 0 Å². The van der Waals surface area contributed by atoms with E-state index in [2.05, 4.69) is 44.8 Å². The lowest BCUT2D eigenvalue weighted by Crippen LogP contribution is -2.72. The lowest BCUT2D eigenvalue weighted by Gasteiger charge is -2.62. The molecule has 0 spiro atoms. The largest absolute Gasteiger partial charge is 0.493 e. The Labute approximate surface area is 193 Å². The second kappa shape index (κ2) is 9.59. The van der Waals surface area contributed by atoms with E-state index in [-0.39, 0.29) is 16.9 Å². The molecule has 0 radical (unpaired) electrons. The summed E-state index contributed by atoms with van der Waals surface area (Å²) in [5, 5.41) is 3.42. The molecule has 0 aliphatic carbocycles. The van der Waals surface area contributed by atoms with Crippen LogP contribution in [0.15, 0.2) is 17.1 Å². The summed E-state index contributed by atoms with van der Waals surface area (Å²) < 4.78 is 10.8. The van der Waals surface area contributed by atoms with Gasteiger partial charge in [0.1, 0.15) is 0 Å². The Bertz CT molecular complexity index is 863. The summed E-state index contributed by atoms with van der Waals surface area (Å²) in [6.07, 6.45) is 2.10. The maximum absolute atomic E-state index is 12.8. The number of ether oxygens (including phenoxy) is 2. The highest BCUT2D eigenvalue weighted by molar-refractivity contribution is 5.82. The fourth-order valence-corrected chi connectivity index (χ4v) is 4.46. The molecule has 1 aromatic rings. The third-order valence-electron chi connectivity index (χ3n) is 7.36. The van der Waals surface area contributed by atoms with E-state index in [9.17, 15) is 4.79 Å². The monoisotopic (exact) mass is 444 g/mol. The number of hydrogen-bond acceptors (Lipinski definition) is 4. The number of carbonyl (C=O) groups excluding carboxylic acids is 1. The summed E-state index contributed by atoms with van der Waals surface area (Å²) in [7, 11) is 3.29. The number of amides is 1. The van der Waals surface area contributed by atoms with Gasteiger partial charge < -0.3 is 24.6 Å². The molecule has 3 rings (SSSR count). The third kappa shape index (κ3) is 4.66. The summed E-state index contributed by atoms with van der Waals surface area (Å²) in [5.41, 5.74) is 2.69. The van der Waals surface area contributed by atoms with Gasteiger partial charge in [-0.2, -0.15) is 0 Å². The van der Waals surface area contributed by atoms with Crippen LogP contribution < -0.4 is 14.8 Å². The van der Waals surface area contributed by atoms with Crippen molar-refractivity contribution in [2.24, 2.45) is 10.4 Å². The Hall–Kier alpha value is -2.44. The molecular weight excluding hydrogens is 404 g/mol. The Morgan fingerprint density at radius 3 is 2.34 bits per heavy atom. The summed E-state index contributed by atoms with van der Waals surface area (Å²) in [6.45, 7) is 15.1. The highest BCUT2D eigenvalue weighted by atomic mass is 16.5. The molecule has 0 bridgehead atoms. The Morgan fingerprint density at radius 1 is 1.12 bits per heavy atom. The number of likely N-dealkylation sites (tertiary alicyclic amines) is 1. The van der Waals surface area contributed by atoms with E-state index in [4.69, 9.17) is 14.5 Å². The van der Waals surface area contributed by atoms with Crippen LogP contribution >= 0.6 is 0 Å². The maximum atomic E-state index is 12.8. The average Bonchev–Trinajstić information content (AvgIpc) is 2.78. The summed E-state index contributed by atoms with van der Waals surface area (Å²) in [5.74, 6) is 2.60. The molecule has 7 nitrogen and oxygen atoms in total. The van der Waals surface area contributed by atoms with Crippen LogP contribution in [-0.2, 0) is 17.8 Å². The number of fused-ring (bicyclic) bond motifs is 1. The smallest absolute Gasteiger partial charge is 0.222 e. The van der Waals surface area contributed by atoms with Gasteiger partial charge >= 0.3 is 0 Å². The number of nitrogens with one attached hydrogen (secondary N) is 1. The number of benzene rings is 1. The second-order valence-corrected chi connectivity index (χ2v) is 9.91. The van der Waals surface area contributed by atoms with Crippen molar-refractivity contribution in [3.8, 4) is 11.5 Å². The van der Waals surface area contributed by atoms with Gasteiger partial charge in [0.2, 0.25) is 5.91 Å². The van der Waals surface area contributed by atoms with Crippen LogP contribution in [0.3, 0.4) is 0 Å². The number of nitrogens with zero attached hydrogens (tertiary/aromatic N) is 3. The molecule has 0 aromatic heterocycles. The summed E-state index contributed by atoms with van der Waals surface area (Å²) in [4.78, 5) is 22.0. The first-order valence-corrected chi connectivity index (χ1v) is 11.7. The molecule has 0 atom stereocenters. The molecule has 7 heteroatoms. The van der Waals surface area contributed by atoms with Crippen LogP contribution in [0.4, 0.5) is 0 Å². The van der Waals surface area contributed by atoms with Gasteiger partial charge in [0.05, 0.1) is 14.2 Å². The molecule has 1 saturated heterocycles. The molecule has 1 fully saturated rings. The summed E-state index contributed by atoms with van der Waals surface area (Å²) >= 11 is 0. The Kier molecular flexibility index (Phi) is 7.25. The van der Waals surface area contributed by atoms with E-state index in [1.165, 1.54) is 5.56 Å². The predicted octanol–water partition coefficient (Wildman–Crippen LogP) is 3.45. The quantitative estimate of drug-likeness (QED) is 0.396. The number of aliphatic imine (C=N–C) groups is 1. The van der Waals surface area contributed by atoms with Gasteiger partial charge in [0, 0.05) is 50.1 Å². The molecule has 1 amide bonds. The first-order valence-electron chi connectivity index (χ1n) is 11.7. The molecule has 2 aliphatic heterocycles. The second-order valence-electron chi connectivity index (χ2n) is 9.91. The number of methoxy groups -OCH3 is 2. The van der Waals surface area contributed by atoms with Gasteiger partial charge in [-0.3, -0.25) is 9.79 Å². The van der Waals surface area contributed by atoms with E-state index in [1.54, 1.807) is 14.2 Å². The molecule has 1 N–H and O–H groups in total. The van der Waals surface area contributed by atoms with Crippen molar-refractivity contribution < 1.29 is 14.3 Å². The van der Waals surface area contributed by atoms with E-state index in [0.717, 1.165) is 49.7 Å². The van der Waals surface area contributed by atoms with Crippen LogP contribution in [0.2, 0.25) is 0 Å². The number of rotatable bonds is 7. The lowest BCUT2D eigenvalue weighted by molar-refractivity contribution is -0.132. The van der Waals surface area contributed by atoms with E-state index in [0.29, 0.717) is 25.3 Å². The van der Waals surface area contributed by atoms with Gasteiger partial charge in [0.25, 0.3) is 0 Å². The molecule has 2 aliphatic rings. The van der Waals surface area contributed by atoms with Gasteiger partial charge in [-0.05, 0) is 56.9 Å². The third-order valence-corrected chi connectivity index (χ3v) is 7.36. The SMILES string of the molecule is CCNC(=NCCCC(=O)N1CCc2cc(OC)c(OC)cc2C1)N1CC(C)(C)C1(C)C. The Morgan fingerprint density at radius 2 is 1.78 bits per heavy atom. The predicted molar refractivity (Wildman–Crippen MR) is 128 cm³/mol. The number of hydrogen-bond donors (Lipinski definition) is 1. The normalized spacial score (nSPS) is 19.2. The van der Waals surface area contributed by atoms with Gasteiger partial charge in [-0.15, -0.1) is 0 Å². The van der Waals surface area contributed by atoms with Crippen LogP contribution in [0.5, 0.6) is 11.5 Å². The standard InChI is InChI=1S/C25H40N4O3/c1-8-26-23(29-17-24(2,3)25(29,4)5)27-12-9-10-22(30)28-13-11-18-14-20(31-6)21(32-7)15-19(18)16-28/h14-15H,8-13,16-17H2,1-7H3,(H,26,27). The van der Waals surface area contributed by atoms with Crippen LogP contribution in [0.1, 0.15) is 58.6 Å². The number of guanidine groups is 1. The van der Waals surface area contributed by atoms with Gasteiger partial charge in [-0.1, -0.05) is 13.8 Å². The average molecular weight is 445 g/mol. The minimum absolute atomic E-state index is 0.0642. The maximum Gasteiger partial charge on any atom is 0.222 e. The number of carbonyl (C=O) groups is 1. The van der Waals surface area contributed by atoms with Crippen LogP contribution in [0, 0.1) is 5.41 Å². The zero-order valence-corrected chi connectivity index (χ0v) is 20.9. The molecule has 0 saturated carbocycles. The molecular formula is C25H40N4O3. The van der Waals surface area contributed by atoms with Crippen molar-refractivity contribution in [1.29, 1.82) is 0 Å². The minimum Gasteiger partial charge on any atom is -0.493 e. The zero-order chi connectivity index (χ0) is 23.5. The van der Waals surface area contributed by atoms with E-state index < -0.39 is 0 Å². The molecule has 1 aromatic carbocycles. The van der Waals surface area contributed by atoms with E-state index >= 15 is 0 Å². The van der Waals surface area contributed by atoms with E-state index in [1.807, 2.05) is 17.0 Å². The fourth-order valence-electron chi connectivity index (χ4n) is 4.46. The van der Waals surface area contributed by atoms with Crippen molar-refractivity contribution >= 4 is 11.9 Å². The molecule has 178 valence electrons. The zero-order valence-electron chi connectivity index (χ0n) is 20.9. The van der Waals surface area contributed by atoms with Crippen LogP contribution in [-0.4, -0.2) is 67.6 Å². The molecule has 32 heavy (non-hydrogen) atoms. The Balaban J connectivity index is 1.55. The first kappa shape index (κ1) is 24.2. The molecule has 0 unspecified atom stereocenters. The molecule has 2 heterocycles. The topological polar surface area (TPSA) is 66.4 Å². The highest BCUT2D eigenvalue weighted by Crippen LogP contribution is 2.46. The van der Waals surface area contributed by atoms with Gasteiger partial charge in [0.15, 0.2) is 17.5 Å². The van der Waals surface area contributed by atoms with Crippen molar-refractivity contribution in [2.45, 2.75) is 66.0 Å². The highest BCUT2D eigenvalue weighted by Gasteiger charge is 2.53. The minimum atomic E-state index is 0.0642. The van der Waals surface area contributed by atoms with Crippen molar-refractivity contribution in [2.75, 3.05) is 40.4 Å². The first-order chi connectivity index (χ1) is 15.1. The van der Waals surface area contributed by atoms with Gasteiger partial charge in [-0.25, -0.2) is 0 Å². The van der Waals surface area contributed by atoms with Crippen molar-refractivity contribution in [3.05, 3.63) is 23.3 Å². The van der Waals surface area contributed by atoms with Crippen LogP contribution in [0.25, 0.3) is 0 Å². The lowest BCUT2D eigenvalue weighted by atomic mass is 9.65. The fraction of sp³-hybridized carbons (Fsp3) is 0.680. The van der Waals surface area contributed by atoms with Crippen molar-refractivity contribution in [1.82, 2.24) is 15.1 Å². The summed E-state index contributed by atoms with van der Waals surface area (Å²) in [6, 6.07) is 4.03.